The van der Waals surface area contributed by atoms with E-state index in [4.69, 9.17) is 69.7 Å². The number of piperazine rings is 2. The monoisotopic (exact) mass is 1910 g/mol. The van der Waals surface area contributed by atoms with E-state index in [2.05, 4.69) is 127 Å². The van der Waals surface area contributed by atoms with Crippen molar-refractivity contribution in [1.82, 2.24) is 39.5 Å². The second-order valence-electron chi connectivity index (χ2n) is 32.6. The van der Waals surface area contributed by atoms with Crippen LogP contribution in [0, 0.1) is 22.7 Å². The van der Waals surface area contributed by atoms with E-state index in [1.54, 1.807) is 19.6 Å². The molecule has 7 aliphatic rings. The molecule has 5 fully saturated rings. The molecule has 0 spiro atoms. The predicted octanol–water partition coefficient (Wildman–Crippen LogP) is 6.05. The molecular weight excluding hydrogens is 1810 g/mol. The predicted molar refractivity (Wildman–Crippen MR) is 446 cm³/mol. The van der Waals surface area contributed by atoms with E-state index >= 15 is 0 Å². The number of anilines is 4. The zero-order valence-corrected chi connectivity index (χ0v) is 84.4. The maximum atomic E-state index is 13.3. The van der Waals surface area contributed by atoms with E-state index in [1.165, 1.54) is 27.2 Å². The summed E-state index contributed by atoms with van der Waals surface area (Å²) in [6, 6.07) is 52.7. The number of ether oxygens (including phenoxy) is 7. The van der Waals surface area contributed by atoms with Crippen LogP contribution in [0.5, 0.6) is 6.01 Å². The Balaban J connectivity index is 0.000000215. The van der Waals surface area contributed by atoms with E-state index in [0.29, 0.717) is 71.9 Å². The van der Waals surface area contributed by atoms with Crippen LogP contribution in [0.3, 0.4) is 0 Å². The van der Waals surface area contributed by atoms with Gasteiger partial charge in [-0.05, 0) is 146 Å². The van der Waals surface area contributed by atoms with Gasteiger partial charge in [0, 0.05) is 98.7 Å². The maximum Gasteiger partial charge on any atom is 1.00 e. The third kappa shape index (κ3) is 27.1. The summed E-state index contributed by atoms with van der Waals surface area (Å²) in [5, 5.41) is 50.3. The fourth-order valence-electron chi connectivity index (χ4n) is 15.8. The van der Waals surface area contributed by atoms with Gasteiger partial charge in [0.15, 0.2) is 0 Å². The van der Waals surface area contributed by atoms with E-state index in [1.807, 2.05) is 116 Å². The quantitative estimate of drug-likeness (QED) is 0.0956. The number of carbonyl (C=O) groups is 5. The van der Waals surface area contributed by atoms with Crippen LogP contribution >= 0.6 is 11.6 Å². The molecule has 2 aromatic heterocycles. The van der Waals surface area contributed by atoms with Gasteiger partial charge in [-0.15, -0.1) is 0 Å². The third-order valence-corrected chi connectivity index (χ3v) is 21.8. The van der Waals surface area contributed by atoms with Gasteiger partial charge < -0.3 is 87.6 Å². The van der Waals surface area contributed by atoms with Crippen molar-refractivity contribution in [2.45, 2.75) is 167 Å². The minimum Gasteiger partial charge on any atom is -0.652 e. The zero-order chi connectivity index (χ0) is 84.9. The number of nitriles is 2. The molecule has 632 valence electrons. The van der Waals surface area contributed by atoms with Crippen LogP contribution in [0.15, 0.2) is 146 Å². The number of benzene rings is 6. The Bertz CT molecular complexity index is 4860. The summed E-state index contributed by atoms with van der Waals surface area (Å²) < 4.78 is 38.7. The molecule has 32 heteroatoms. The van der Waals surface area contributed by atoms with Crippen molar-refractivity contribution in [2.75, 3.05) is 125 Å². The number of halogens is 1. The molecule has 15 rings (SSSR count). The van der Waals surface area contributed by atoms with Gasteiger partial charge in [0.05, 0.1) is 106 Å². The molecule has 9 heterocycles. The summed E-state index contributed by atoms with van der Waals surface area (Å²) in [5.74, 6) is 1.56. The number of rotatable bonds is 14. The molecule has 7 aliphatic heterocycles. The zero-order valence-electron chi connectivity index (χ0n) is 71.1. The number of aliphatic hydroxyl groups excluding tert-OH is 1. The second-order valence-corrected chi connectivity index (χ2v) is 33.0. The van der Waals surface area contributed by atoms with Crippen LogP contribution in [0.25, 0.3) is 21.5 Å². The number of aliphatic hydroxyl groups is 1. The molecule has 29 nitrogen and oxygen atoms in total. The summed E-state index contributed by atoms with van der Waals surface area (Å²) in [6.07, 6.45) is 1.35. The minimum absolute atomic E-state index is 0. The van der Waals surface area contributed by atoms with Gasteiger partial charge in [-0.3, -0.25) is 4.90 Å². The van der Waals surface area contributed by atoms with Crippen LogP contribution in [0.2, 0.25) is 5.28 Å². The average molecular weight is 1910 g/mol. The SMILES string of the molecule is C1COCCO1.CC(C)(C)OC(=O)N1CCC[C@@]1(C)CO.CC(C)(C)OC(=O)N1CCC[C@@]1(C)COc1nc2c(c(N3CCN(C(=O)OCc4ccccc4)C(CC#N)C3)n1)CCN(c1cccc3ccccc13)C2.N#CCC1CN(c2nc(Cl)nc3c2CCN(c2cccc4ccccc24)C3)CCN1C(=O)OCc1ccccc1.O=C([O-])[O-].[Cs+].[Cs+]. The third-order valence-electron chi connectivity index (χ3n) is 21.7. The standard InChI is InChI=1S/C42H49N7O5.C31H29ClN6O2.C11H21NO3.C4H8O2.CH2O3.2Cs/c1-41(2,3)54-40(51)49-22-11-20-42(49,4)29-53-38-44-35-27-46(36-17-10-15-31-14-8-9-16-33(31)36)23-19-34(35)37(45-38)47-24-25-48(32(26-47)18-21-43)39(50)52-28-30-12-6-5-7-13-30;32-30-34-27-20-36(28-12-6-10-23-9-4-5-11-25(23)28)16-14-26(27)29(35-30)37-17-18-38(24(19-37)13-15-33)31(39)40-21-22-7-2-1-3-8-22;1-10(2,3)15-9(14)12-7-5-6-11(12,4)8-13;1-2-6-4-3-5-1;2-1(3)4;;/h5-10,12-17,32H,11,18-20,22-29H2,1-4H3;1-12,24H,13-14,16-21H2;13H,5-8H2,1-4H3;1-4H2;(H2,2,3,4);;/q;;;;;2*+1/p-2/t32?,42-;;11-;;;;/m0.0..../s1. The molecule has 1 N–H and O–H groups in total. The average Bonchev–Trinajstić information content (AvgIpc) is 1.38. The normalized spacial score (nSPS) is 19.2. The molecule has 6 aromatic carbocycles. The number of fused-ring (bicyclic) bond motifs is 4. The van der Waals surface area contributed by atoms with Crippen molar-refractivity contribution < 1.29 is 210 Å². The summed E-state index contributed by atoms with van der Waals surface area (Å²) in [6.45, 7) is 25.5. The Morgan fingerprint density at radius 3 is 1.36 bits per heavy atom. The van der Waals surface area contributed by atoms with E-state index in [0.717, 1.165) is 123 Å². The van der Waals surface area contributed by atoms with Gasteiger partial charge >= 0.3 is 168 Å². The van der Waals surface area contributed by atoms with Crippen molar-refractivity contribution in [3.8, 4) is 18.1 Å². The molecule has 0 saturated carbocycles. The molecule has 8 aromatic rings. The van der Waals surface area contributed by atoms with Crippen LogP contribution in [0.4, 0.5) is 47.0 Å². The summed E-state index contributed by atoms with van der Waals surface area (Å²) >= 11 is 6.46. The molecule has 121 heavy (non-hydrogen) atoms. The Labute approximate surface area is 831 Å². The topological polar surface area (TPSA) is 341 Å². The Morgan fingerprint density at radius 1 is 0.521 bits per heavy atom. The van der Waals surface area contributed by atoms with Crippen molar-refractivity contribution >= 4 is 86.7 Å². The molecular formula is C89H107ClCs2N14O15. The Hall–Kier alpha value is -7.40. The fraction of sp³-hybridized carbons (Fsp3) is 0.472. The molecule has 5 saturated heterocycles. The first-order valence-electron chi connectivity index (χ1n) is 40.5. The number of hydrogen-bond acceptors (Lipinski definition) is 25. The first-order chi connectivity index (χ1) is 57.1. The van der Waals surface area contributed by atoms with Crippen LogP contribution in [0.1, 0.15) is 128 Å². The van der Waals surface area contributed by atoms with Gasteiger partial charge in [-0.1, -0.05) is 133 Å². The first kappa shape index (κ1) is 97.4. The molecule has 2 unspecified atom stereocenters. The smallest absolute Gasteiger partial charge is 0.652 e. The van der Waals surface area contributed by atoms with Crippen molar-refractivity contribution in [1.29, 1.82) is 10.5 Å². The van der Waals surface area contributed by atoms with Gasteiger partial charge in [-0.25, -0.2) is 29.1 Å². The van der Waals surface area contributed by atoms with Crippen molar-refractivity contribution in [2.24, 2.45) is 0 Å². The van der Waals surface area contributed by atoms with Gasteiger partial charge in [0.25, 0.3) is 0 Å². The fourth-order valence-corrected chi connectivity index (χ4v) is 15.9. The number of carboxylic acid groups (broad SMARTS) is 2. The number of likely N-dealkylation sites (tertiary alicyclic amines) is 2. The molecule has 0 radical (unpaired) electrons. The number of amides is 4. The number of carbonyl (C=O) groups excluding carboxylic acids is 5. The van der Waals surface area contributed by atoms with Gasteiger partial charge in [0.1, 0.15) is 42.7 Å². The minimum atomic E-state index is -2.33. The molecule has 4 atom stereocenters. The second kappa shape index (κ2) is 46.0. The van der Waals surface area contributed by atoms with E-state index in [-0.39, 0.29) is 207 Å². The largest absolute Gasteiger partial charge is 1.00 e. The van der Waals surface area contributed by atoms with E-state index in [9.17, 15) is 34.8 Å². The molecule has 0 bridgehead atoms. The summed E-state index contributed by atoms with van der Waals surface area (Å²) in [7, 11) is 0. The first-order valence-corrected chi connectivity index (χ1v) is 40.9. The van der Waals surface area contributed by atoms with Gasteiger partial charge in [0.2, 0.25) is 5.28 Å². The summed E-state index contributed by atoms with van der Waals surface area (Å²) in [5.41, 5.74) is 5.92. The number of aromatic nitrogens is 4. The number of hydrogen-bond donors (Lipinski definition) is 1. The molecule has 4 amide bonds. The Morgan fingerprint density at radius 2 is 0.926 bits per heavy atom. The summed E-state index contributed by atoms with van der Waals surface area (Å²) in [4.78, 5) is 94.8. The van der Waals surface area contributed by atoms with E-state index < -0.39 is 46.7 Å². The van der Waals surface area contributed by atoms with Crippen LogP contribution in [-0.2, 0) is 67.6 Å². The van der Waals surface area contributed by atoms with Gasteiger partial charge in [-0.2, -0.15) is 20.5 Å². The van der Waals surface area contributed by atoms with Crippen LogP contribution < -0.4 is 172 Å². The van der Waals surface area contributed by atoms with Crippen molar-refractivity contribution in [3.63, 3.8) is 0 Å². The van der Waals surface area contributed by atoms with Crippen molar-refractivity contribution in [3.05, 3.63) is 185 Å². The maximum absolute atomic E-state index is 13.3. The number of nitrogens with zero attached hydrogens (tertiary/aromatic N) is 14. The Kier molecular flexibility index (Phi) is 37.0. The van der Waals surface area contributed by atoms with Crippen LogP contribution in [-0.4, -0.2) is 215 Å². The molecule has 0 aliphatic carbocycles.